The van der Waals surface area contributed by atoms with E-state index in [0.29, 0.717) is 18.1 Å². The van der Waals surface area contributed by atoms with Crippen LogP contribution in [0.15, 0.2) is 41.6 Å². The van der Waals surface area contributed by atoms with Crippen LogP contribution in [0.3, 0.4) is 0 Å². The van der Waals surface area contributed by atoms with E-state index in [-0.39, 0.29) is 5.56 Å². The van der Waals surface area contributed by atoms with E-state index in [1.807, 2.05) is 30.6 Å². The lowest BCUT2D eigenvalue weighted by molar-refractivity contribution is 0.241. The van der Waals surface area contributed by atoms with Gasteiger partial charge in [-0.1, -0.05) is 13.0 Å². The molecule has 27 heavy (non-hydrogen) atoms. The quantitative estimate of drug-likeness (QED) is 0.748. The Bertz CT molecular complexity index is 968. The number of nitrogens with zero attached hydrogens (tertiary/aromatic N) is 5. The molecule has 0 aliphatic carbocycles. The minimum Gasteiger partial charge on any atom is -0.305 e. The summed E-state index contributed by atoms with van der Waals surface area (Å²) < 4.78 is 0. The molecule has 0 spiro atoms. The number of aromatic nitrogens is 5. The number of H-pyrrole nitrogens is 1. The van der Waals surface area contributed by atoms with E-state index in [4.69, 9.17) is 0 Å². The summed E-state index contributed by atoms with van der Waals surface area (Å²) in [6, 6.07) is 5.58. The Morgan fingerprint density at radius 1 is 1.19 bits per heavy atom. The highest BCUT2D eigenvalue weighted by atomic mass is 16.1. The van der Waals surface area contributed by atoms with Crippen molar-refractivity contribution in [2.75, 3.05) is 6.54 Å². The fraction of sp³-hybridized carbons (Fsp3) is 0.350. The highest BCUT2D eigenvalue weighted by molar-refractivity contribution is 5.49. The van der Waals surface area contributed by atoms with Crippen molar-refractivity contribution in [1.82, 2.24) is 29.8 Å². The van der Waals surface area contributed by atoms with Crippen LogP contribution in [-0.2, 0) is 25.9 Å². The van der Waals surface area contributed by atoms with Crippen LogP contribution in [0.4, 0.5) is 0 Å². The SMILES string of the molecule is CCCc1ncc(CN2CCc3nc(-c4ccccn4)[nH]c(=O)c3C2)cn1. The molecule has 0 saturated carbocycles. The number of fused-ring (bicyclic) bond motifs is 1. The lowest BCUT2D eigenvalue weighted by Crippen LogP contribution is -2.35. The molecule has 0 fully saturated rings. The van der Waals surface area contributed by atoms with Gasteiger partial charge in [-0.3, -0.25) is 14.7 Å². The van der Waals surface area contributed by atoms with Crippen LogP contribution in [0, 0.1) is 0 Å². The first-order valence-corrected chi connectivity index (χ1v) is 9.28. The van der Waals surface area contributed by atoms with E-state index in [2.05, 4.69) is 36.7 Å². The Hall–Kier alpha value is -2.93. The fourth-order valence-electron chi connectivity index (χ4n) is 3.31. The highest BCUT2D eigenvalue weighted by Gasteiger charge is 2.22. The van der Waals surface area contributed by atoms with Gasteiger partial charge in [0.05, 0.1) is 11.3 Å². The molecule has 0 bridgehead atoms. The summed E-state index contributed by atoms with van der Waals surface area (Å²) >= 11 is 0. The molecule has 0 atom stereocenters. The minimum absolute atomic E-state index is 0.0834. The Morgan fingerprint density at radius 3 is 2.78 bits per heavy atom. The number of hydrogen-bond donors (Lipinski definition) is 1. The van der Waals surface area contributed by atoms with Gasteiger partial charge in [-0.05, 0) is 18.6 Å². The molecule has 0 saturated heterocycles. The second kappa shape index (κ2) is 7.75. The highest BCUT2D eigenvalue weighted by Crippen LogP contribution is 2.18. The lowest BCUT2D eigenvalue weighted by Gasteiger charge is -2.27. The second-order valence-corrected chi connectivity index (χ2v) is 6.77. The maximum Gasteiger partial charge on any atom is 0.255 e. The van der Waals surface area contributed by atoms with Crippen molar-refractivity contribution in [3.63, 3.8) is 0 Å². The maximum absolute atomic E-state index is 12.6. The Kier molecular flexibility index (Phi) is 5.02. The van der Waals surface area contributed by atoms with E-state index in [0.717, 1.165) is 55.0 Å². The lowest BCUT2D eigenvalue weighted by atomic mass is 10.1. The first-order valence-electron chi connectivity index (χ1n) is 9.28. The van der Waals surface area contributed by atoms with E-state index in [9.17, 15) is 4.79 Å². The van der Waals surface area contributed by atoms with Crippen molar-refractivity contribution in [3.8, 4) is 11.5 Å². The molecule has 138 valence electrons. The van der Waals surface area contributed by atoms with Gasteiger partial charge in [0.1, 0.15) is 11.5 Å². The molecule has 3 aromatic rings. The molecule has 4 heterocycles. The monoisotopic (exact) mass is 362 g/mol. The molecule has 7 heteroatoms. The Labute approximate surface area is 157 Å². The molecular weight excluding hydrogens is 340 g/mol. The van der Waals surface area contributed by atoms with Gasteiger partial charge in [-0.25, -0.2) is 15.0 Å². The standard InChI is InChI=1S/C20H22N6O/c1-2-5-18-22-10-14(11-23-18)12-26-9-7-16-15(13-26)20(27)25-19(24-16)17-6-3-4-8-21-17/h3-4,6,8,10-11H,2,5,7,9,12-13H2,1H3,(H,24,25,27). The van der Waals surface area contributed by atoms with Crippen LogP contribution >= 0.6 is 0 Å². The number of hydrogen-bond acceptors (Lipinski definition) is 6. The summed E-state index contributed by atoms with van der Waals surface area (Å²) in [5.41, 5.74) is 3.27. The molecule has 4 rings (SSSR count). The average molecular weight is 362 g/mol. The van der Waals surface area contributed by atoms with Gasteiger partial charge >= 0.3 is 0 Å². The van der Waals surface area contributed by atoms with E-state index in [1.165, 1.54) is 0 Å². The maximum atomic E-state index is 12.6. The van der Waals surface area contributed by atoms with Gasteiger partial charge in [-0.15, -0.1) is 0 Å². The van der Waals surface area contributed by atoms with Crippen LogP contribution < -0.4 is 5.56 Å². The van der Waals surface area contributed by atoms with E-state index in [1.54, 1.807) is 6.20 Å². The average Bonchev–Trinajstić information content (AvgIpc) is 2.71. The van der Waals surface area contributed by atoms with Crippen LogP contribution in [0.5, 0.6) is 0 Å². The molecule has 0 radical (unpaired) electrons. The van der Waals surface area contributed by atoms with Crippen molar-refractivity contribution in [2.24, 2.45) is 0 Å². The zero-order chi connectivity index (χ0) is 18.6. The van der Waals surface area contributed by atoms with Crippen molar-refractivity contribution in [1.29, 1.82) is 0 Å². The molecule has 0 amide bonds. The van der Waals surface area contributed by atoms with Crippen molar-refractivity contribution >= 4 is 0 Å². The summed E-state index contributed by atoms with van der Waals surface area (Å²) in [6.45, 7) is 4.28. The fourth-order valence-corrected chi connectivity index (χ4v) is 3.31. The van der Waals surface area contributed by atoms with E-state index < -0.39 is 0 Å². The topological polar surface area (TPSA) is 87.7 Å². The Morgan fingerprint density at radius 2 is 2.04 bits per heavy atom. The molecule has 7 nitrogen and oxygen atoms in total. The molecular formula is C20H22N6O. The first-order chi connectivity index (χ1) is 13.2. The second-order valence-electron chi connectivity index (χ2n) is 6.77. The summed E-state index contributed by atoms with van der Waals surface area (Å²) in [5.74, 6) is 1.42. The normalized spacial score (nSPS) is 14.1. The van der Waals surface area contributed by atoms with Crippen LogP contribution in [0.1, 0.15) is 36.0 Å². The van der Waals surface area contributed by atoms with Crippen molar-refractivity contribution in [2.45, 2.75) is 39.3 Å². The Balaban J connectivity index is 1.51. The van der Waals surface area contributed by atoms with Crippen molar-refractivity contribution in [3.05, 3.63) is 69.8 Å². The number of pyridine rings is 1. The molecule has 0 unspecified atom stereocenters. The van der Waals surface area contributed by atoms with Gasteiger partial charge in [0.25, 0.3) is 5.56 Å². The number of rotatable bonds is 5. The summed E-state index contributed by atoms with van der Waals surface area (Å²) in [7, 11) is 0. The van der Waals surface area contributed by atoms with E-state index >= 15 is 0 Å². The smallest absolute Gasteiger partial charge is 0.255 e. The zero-order valence-corrected chi connectivity index (χ0v) is 15.4. The summed E-state index contributed by atoms with van der Waals surface area (Å²) in [6.07, 6.45) is 8.16. The predicted molar refractivity (Wildman–Crippen MR) is 102 cm³/mol. The van der Waals surface area contributed by atoms with Crippen LogP contribution in [0.2, 0.25) is 0 Å². The third-order valence-electron chi connectivity index (χ3n) is 4.69. The van der Waals surface area contributed by atoms with Gasteiger partial charge < -0.3 is 4.98 Å². The predicted octanol–water partition coefficient (Wildman–Crippen LogP) is 2.13. The molecule has 3 aromatic heterocycles. The molecule has 1 aliphatic rings. The summed E-state index contributed by atoms with van der Waals surface area (Å²) in [5, 5.41) is 0. The largest absolute Gasteiger partial charge is 0.305 e. The first kappa shape index (κ1) is 17.5. The molecule has 1 aliphatic heterocycles. The van der Waals surface area contributed by atoms with Gasteiger partial charge in [0.2, 0.25) is 0 Å². The van der Waals surface area contributed by atoms with Gasteiger partial charge in [0.15, 0.2) is 5.82 Å². The van der Waals surface area contributed by atoms with Crippen molar-refractivity contribution < 1.29 is 0 Å². The van der Waals surface area contributed by atoms with Crippen LogP contribution in [0.25, 0.3) is 11.5 Å². The number of aryl methyl sites for hydroxylation is 1. The molecule has 1 N–H and O–H groups in total. The third kappa shape index (κ3) is 3.93. The zero-order valence-electron chi connectivity index (χ0n) is 15.4. The van der Waals surface area contributed by atoms with Gasteiger partial charge in [0, 0.05) is 56.6 Å². The molecule has 0 aromatic carbocycles. The van der Waals surface area contributed by atoms with Crippen LogP contribution in [-0.4, -0.2) is 36.4 Å². The van der Waals surface area contributed by atoms with Gasteiger partial charge in [-0.2, -0.15) is 0 Å². The summed E-state index contributed by atoms with van der Waals surface area (Å²) in [4.78, 5) is 35.5. The number of nitrogens with one attached hydrogen (secondary N) is 1. The third-order valence-corrected chi connectivity index (χ3v) is 4.69. The minimum atomic E-state index is -0.0834. The number of aromatic amines is 1.